The summed E-state index contributed by atoms with van der Waals surface area (Å²) < 4.78 is 0. The largest absolute Gasteiger partial charge is 0.310 e. The summed E-state index contributed by atoms with van der Waals surface area (Å²) in [4.78, 5) is 1.30. The Hall–Kier alpha value is -0.670. The molecule has 0 fully saturated rings. The predicted molar refractivity (Wildman–Crippen MR) is 53.3 cm³/mol. The monoisotopic (exact) mass is 180 g/mol. The Bertz CT molecular complexity index is 275. The van der Waals surface area contributed by atoms with Gasteiger partial charge in [-0.05, 0) is 24.3 Å². The SMILES string of the molecule is NN1CCCSc2ccccc21. The first kappa shape index (κ1) is 7.95. The van der Waals surface area contributed by atoms with Crippen LogP contribution in [-0.4, -0.2) is 12.3 Å². The summed E-state index contributed by atoms with van der Waals surface area (Å²) in [5.74, 6) is 7.04. The van der Waals surface area contributed by atoms with Crippen molar-refractivity contribution in [2.75, 3.05) is 17.3 Å². The second-order valence-electron chi connectivity index (χ2n) is 2.86. The number of rotatable bonds is 0. The number of nitrogens with zero attached hydrogens (tertiary/aromatic N) is 1. The van der Waals surface area contributed by atoms with E-state index >= 15 is 0 Å². The van der Waals surface area contributed by atoms with E-state index in [-0.39, 0.29) is 0 Å². The Labute approximate surface area is 76.7 Å². The van der Waals surface area contributed by atoms with Crippen molar-refractivity contribution in [3.05, 3.63) is 24.3 Å². The van der Waals surface area contributed by atoms with Crippen molar-refractivity contribution >= 4 is 17.4 Å². The molecule has 0 saturated carbocycles. The van der Waals surface area contributed by atoms with Crippen molar-refractivity contribution in [3.8, 4) is 0 Å². The molecule has 1 aromatic rings. The lowest BCUT2D eigenvalue weighted by molar-refractivity contribution is 0.812. The topological polar surface area (TPSA) is 29.3 Å². The van der Waals surface area contributed by atoms with Gasteiger partial charge >= 0.3 is 0 Å². The van der Waals surface area contributed by atoms with Gasteiger partial charge in [-0.2, -0.15) is 0 Å². The van der Waals surface area contributed by atoms with Crippen molar-refractivity contribution < 1.29 is 0 Å². The minimum atomic E-state index is 0.962. The smallest absolute Gasteiger partial charge is 0.0652 e. The summed E-state index contributed by atoms with van der Waals surface area (Å²) in [6.45, 7) is 0.962. The Morgan fingerprint density at radius 2 is 2.17 bits per heavy atom. The lowest BCUT2D eigenvalue weighted by Gasteiger charge is -2.17. The van der Waals surface area contributed by atoms with Crippen LogP contribution < -0.4 is 10.9 Å². The maximum absolute atomic E-state index is 5.87. The van der Waals surface area contributed by atoms with E-state index in [1.807, 2.05) is 22.8 Å². The molecule has 2 nitrogen and oxygen atoms in total. The van der Waals surface area contributed by atoms with E-state index in [4.69, 9.17) is 5.84 Å². The van der Waals surface area contributed by atoms with E-state index in [1.165, 1.54) is 16.3 Å². The number of hydrazine groups is 1. The Morgan fingerprint density at radius 3 is 3.08 bits per heavy atom. The van der Waals surface area contributed by atoms with Crippen LogP contribution in [0.25, 0.3) is 0 Å². The summed E-state index contributed by atoms with van der Waals surface area (Å²) >= 11 is 1.89. The molecule has 12 heavy (non-hydrogen) atoms. The van der Waals surface area contributed by atoms with Gasteiger partial charge in [0.1, 0.15) is 0 Å². The van der Waals surface area contributed by atoms with Crippen molar-refractivity contribution in [2.45, 2.75) is 11.3 Å². The fourth-order valence-electron chi connectivity index (χ4n) is 1.35. The van der Waals surface area contributed by atoms with E-state index in [0.717, 1.165) is 13.0 Å². The number of thioether (sulfide) groups is 1. The van der Waals surface area contributed by atoms with Crippen LogP contribution in [0.2, 0.25) is 0 Å². The van der Waals surface area contributed by atoms with Crippen LogP contribution in [-0.2, 0) is 0 Å². The molecule has 1 aromatic carbocycles. The number of anilines is 1. The number of hydrogen-bond donors (Lipinski definition) is 1. The minimum absolute atomic E-state index is 0.962. The molecule has 0 saturated heterocycles. The molecule has 0 radical (unpaired) electrons. The van der Waals surface area contributed by atoms with Gasteiger partial charge in [-0.1, -0.05) is 12.1 Å². The first-order chi connectivity index (χ1) is 5.88. The van der Waals surface area contributed by atoms with Crippen LogP contribution in [0, 0.1) is 0 Å². The van der Waals surface area contributed by atoms with Crippen molar-refractivity contribution in [3.63, 3.8) is 0 Å². The van der Waals surface area contributed by atoms with Gasteiger partial charge in [0, 0.05) is 11.4 Å². The zero-order chi connectivity index (χ0) is 8.39. The Kier molecular flexibility index (Phi) is 2.23. The Balaban J connectivity index is 2.39. The molecule has 0 unspecified atom stereocenters. The molecule has 2 rings (SSSR count). The van der Waals surface area contributed by atoms with Crippen molar-refractivity contribution in [2.24, 2.45) is 5.84 Å². The van der Waals surface area contributed by atoms with E-state index in [2.05, 4.69) is 18.2 Å². The molecule has 1 heterocycles. The van der Waals surface area contributed by atoms with Crippen LogP contribution in [0.1, 0.15) is 6.42 Å². The molecule has 3 heteroatoms. The summed E-state index contributed by atoms with van der Waals surface area (Å²) in [5.41, 5.74) is 1.17. The molecule has 1 aliphatic heterocycles. The van der Waals surface area contributed by atoms with Crippen LogP contribution >= 0.6 is 11.8 Å². The van der Waals surface area contributed by atoms with E-state index in [9.17, 15) is 0 Å². The molecular weight excluding hydrogens is 168 g/mol. The second-order valence-corrected chi connectivity index (χ2v) is 4.00. The minimum Gasteiger partial charge on any atom is -0.310 e. The van der Waals surface area contributed by atoms with E-state index in [0.29, 0.717) is 0 Å². The first-order valence-corrected chi connectivity index (χ1v) is 5.10. The average Bonchev–Trinajstić information content (AvgIpc) is 2.29. The normalized spacial score (nSPS) is 16.9. The molecule has 1 aliphatic rings. The van der Waals surface area contributed by atoms with Gasteiger partial charge in [0.25, 0.3) is 0 Å². The van der Waals surface area contributed by atoms with Crippen LogP contribution in [0.3, 0.4) is 0 Å². The lowest BCUT2D eigenvalue weighted by atomic mass is 10.3. The maximum atomic E-state index is 5.87. The summed E-state index contributed by atoms with van der Waals surface area (Å²) in [6, 6.07) is 8.30. The third kappa shape index (κ3) is 1.42. The van der Waals surface area contributed by atoms with Crippen molar-refractivity contribution in [1.82, 2.24) is 0 Å². The first-order valence-electron chi connectivity index (χ1n) is 4.12. The number of nitrogens with two attached hydrogens (primary N) is 1. The third-order valence-electron chi connectivity index (χ3n) is 1.98. The average molecular weight is 180 g/mol. The fraction of sp³-hybridized carbons (Fsp3) is 0.333. The van der Waals surface area contributed by atoms with Gasteiger partial charge in [-0.3, -0.25) is 0 Å². The number of para-hydroxylation sites is 1. The maximum Gasteiger partial charge on any atom is 0.0652 e. The molecule has 0 aromatic heterocycles. The zero-order valence-corrected chi connectivity index (χ0v) is 7.68. The van der Waals surface area contributed by atoms with Gasteiger partial charge in [-0.25, -0.2) is 5.84 Å². The van der Waals surface area contributed by atoms with E-state index in [1.54, 1.807) is 0 Å². The molecule has 0 amide bonds. The van der Waals surface area contributed by atoms with Gasteiger partial charge < -0.3 is 5.01 Å². The van der Waals surface area contributed by atoms with Gasteiger partial charge in [0.2, 0.25) is 0 Å². The van der Waals surface area contributed by atoms with Crippen LogP contribution in [0.5, 0.6) is 0 Å². The Morgan fingerprint density at radius 1 is 1.33 bits per heavy atom. The van der Waals surface area contributed by atoms with Crippen molar-refractivity contribution in [1.29, 1.82) is 0 Å². The number of hydrogen-bond acceptors (Lipinski definition) is 3. The predicted octanol–water partition coefficient (Wildman–Crippen LogP) is 1.86. The highest BCUT2D eigenvalue weighted by Gasteiger charge is 2.11. The second kappa shape index (κ2) is 3.37. The highest BCUT2D eigenvalue weighted by molar-refractivity contribution is 7.99. The fourth-order valence-corrected chi connectivity index (χ4v) is 2.36. The quantitative estimate of drug-likeness (QED) is 0.618. The highest BCUT2D eigenvalue weighted by atomic mass is 32.2. The summed E-state index contributed by atoms with van der Waals surface area (Å²) in [5, 5.41) is 1.84. The number of fused-ring (bicyclic) bond motifs is 1. The molecule has 64 valence electrons. The van der Waals surface area contributed by atoms with Crippen LogP contribution in [0.4, 0.5) is 5.69 Å². The molecule has 0 aliphatic carbocycles. The van der Waals surface area contributed by atoms with Crippen LogP contribution in [0.15, 0.2) is 29.2 Å². The third-order valence-corrected chi connectivity index (χ3v) is 3.12. The van der Waals surface area contributed by atoms with Gasteiger partial charge in [0.15, 0.2) is 0 Å². The molecule has 2 N–H and O–H groups in total. The molecular formula is C9H12N2S. The lowest BCUT2D eigenvalue weighted by Crippen LogP contribution is -2.31. The standard InChI is InChI=1S/C9H12N2S/c10-11-6-3-7-12-9-5-2-1-4-8(9)11/h1-2,4-5H,3,6-7,10H2. The highest BCUT2D eigenvalue weighted by Crippen LogP contribution is 2.31. The molecule has 0 bridgehead atoms. The summed E-state index contributed by atoms with van der Waals surface area (Å²) in [7, 11) is 0. The molecule has 0 spiro atoms. The summed E-state index contributed by atoms with van der Waals surface area (Å²) in [6.07, 6.45) is 1.16. The van der Waals surface area contributed by atoms with E-state index < -0.39 is 0 Å². The molecule has 0 atom stereocenters. The zero-order valence-electron chi connectivity index (χ0n) is 6.86. The van der Waals surface area contributed by atoms with Gasteiger partial charge in [0.05, 0.1) is 5.69 Å². The van der Waals surface area contributed by atoms with Gasteiger partial charge in [-0.15, -0.1) is 11.8 Å². The number of benzene rings is 1.